The van der Waals surface area contributed by atoms with Crippen molar-refractivity contribution in [2.75, 3.05) is 19.8 Å². The Hall–Kier alpha value is -1.11. The number of hydrogen-bond acceptors (Lipinski definition) is 10. The molecule has 14 atom stereocenters. The van der Waals surface area contributed by atoms with Gasteiger partial charge in [-0.1, -0.05) is 46.5 Å². The number of ketones is 1. The molecule has 0 aromatic carbocycles. The number of allylic oxidation sites excluding steroid dienone is 1. The minimum Gasteiger partial charge on any atom is -0.396 e. The van der Waals surface area contributed by atoms with Gasteiger partial charge in [0.15, 0.2) is 5.78 Å². The topological polar surface area (TPSA) is 180 Å². The second-order valence-electron chi connectivity index (χ2n) is 16.6. The Bertz CT molecular complexity index is 1160. The molecule has 1 saturated heterocycles. The van der Waals surface area contributed by atoms with Crippen molar-refractivity contribution >= 4 is 5.78 Å². The van der Waals surface area contributed by atoms with Gasteiger partial charge in [-0.3, -0.25) is 4.79 Å². The van der Waals surface area contributed by atoms with Crippen LogP contribution in [0.25, 0.3) is 0 Å². The van der Waals surface area contributed by atoms with E-state index in [-0.39, 0.29) is 62.2 Å². The summed E-state index contributed by atoms with van der Waals surface area (Å²) in [5.41, 5.74) is -4.23. The molecule has 10 nitrogen and oxygen atoms in total. The van der Waals surface area contributed by atoms with E-state index in [2.05, 4.69) is 19.2 Å². The molecule has 0 aromatic rings. The third-order valence-corrected chi connectivity index (χ3v) is 13.9. The average Bonchev–Trinajstić information content (AvgIpc) is 3.53. The van der Waals surface area contributed by atoms with Crippen molar-refractivity contribution in [3.05, 3.63) is 11.3 Å². The molecule has 0 spiro atoms. The minimum absolute atomic E-state index is 0.0443. The third-order valence-electron chi connectivity index (χ3n) is 13.9. The van der Waals surface area contributed by atoms with Crippen molar-refractivity contribution < 1.29 is 45.3 Å². The fourth-order valence-corrected chi connectivity index (χ4v) is 11.2. The van der Waals surface area contributed by atoms with Gasteiger partial charge in [0, 0.05) is 24.5 Å². The first-order chi connectivity index (χ1) is 22.1. The van der Waals surface area contributed by atoms with E-state index in [1.54, 1.807) is 13.8 Å². The molecule has 0 aromatic heterocycles. The number of hydrogen-bond donors (Lipinski definition) is 8. The van der Waals surface area contributed by atoms with Gasteiger partial charge in [0.1, 0.15) is 6.10 Å². The van der Waals surface area contributed by atoms with Gasteiger partial charge in [0.2, 0.25) is 0 Å². The summed E-state index contributed by atoms with van der Waals surface area (Å²) in [6.07, 6.45) is 3.18. The molecule has 8 N–H and O–H groups in total. The first-order valence-electron chi connectivity index (χ1n) is 18.5. The Morgan fingerprint density at radius 3 is 2.47 bits per heavy atom. The van der Waals surface area contributed by atoms with Crippen LogP contribution in [0, 0.1) is 40.4 Å². The van der Waals surface area contributed by atoms with E-state index in [0.717, 1.165) is 12.8 Å². The number of aliphatic hydroxyl groups excluding tert-OH is 5. The van der Waals surface area contributed by atoms with Crippen LogP contribution in [0.3, 0.4) is 0 Å². The van der Waals surface area contributed by atoms with Crippen LogP contribution in [0.5, 0.6) is 0 Å². The lowest BCUT2D eigenvalue weighted by Gasteiger charge is -2.62. The van der Waals surface area contributed by atoms with E-state index in [4.69, 9.17) is 4.74 Å². The average molecular weight is 666 g/mol. The van der Waals surface area contributed by atoms with Gasteiger partial charge in [-0.2, -0.15) is 0 Å². The number of unbranched alkanes of at least 4 members (excludes halogenated alkanes) is 3. The monoisotopic (exact) mass is 665 g/mol. The number of rotatable bonds is 13. The highest BCUT2D eigenvalue weighted by molar-refractivity contribution is 5.99. The SMILES string of the molecule is CCCCCC[C@@H]1CO[C@@H]([C@@H](O)[C@](C)(O)[C@H]2CC[C@@]3(O)C4=C(NC[C@H](C)O)C(=O)[C@@H]5C[C@@H](O)[C@@H](O)C[C@]5(C)[C@H]4CC[C@]23CCO)[C@H]1C. The summed E-state index contributed by atoms with van der Waals surface area (Å²) in [5, 5.41) is 82.8. The Kier molecular flexibility index (Phi) is 11.0. The van der Waals surface area contributed by atoms with Crippen LogP contribution in [0.2, 0.25) is 0 Å². The zero-order valence-electron chi connectivity index (χ0n) is 29.3. The van der Waals surface area contributed by atoms with Crippen molar-refractivity contribution in [3.63, 3.8) is 0 Å². The van der Waals surface area contributed by atoms with Crippen LogP contribution in [0.4, 0.5) is 0 Å². The Balaban J connectivity index is 1.52. The largest absolute Gasteiger partial charge is 0.396 e. The third kappa shape index (κ3) is 6.04. The van der Waals surface area contributed by atoms with Gasteiger partial charge in [-0.15, -0.1) is 0 Å². The van der Waals surface area contributed by atoms with Crippen LogP contribution in [-0.2, 0) is 9.53 Å². The Morgan fingerprint density at radius 2 is 1.81 bits per heavy atom. The zero-order chi connectivity index (χ0) is 34.5. The van der Waals surface area contributed by atoms with Gasteiger partial charge >= 0.3 is 0 Å². The van der Waals surface area contributed by atoms with Crippen molar-refractivity contribution in [2.24, 2.45) is 40.4 Å². The van der Waals surface area contributed by atoms with Crippen LogP contribution >= 0.6 is 0 Å². The molecule has 0 radical (unpaired) electrons. The van der Waals surface area contributed by atoms with Gasteiger partial charge < -0.3 is 45.8 Å². The summed E-state index contributed by atoms with van der Waals surface area (Å²) in [7, 11) is 0. The van der Waals surface area contributed by atoms with E-state index in [0.29, 0.717) is 37.4 Å². The Morgan fingerprint density at radius 1 is 1.09 bits per heavy atom. The molecule has 270 valence electrons. The molecule has 0 amide bonds. The number of nitrogens with one attached hydrogen (secondary N) is 1. The van der Waals surface area contributed by atoms with Crippen LogP contribution in [0.15, 0.2) is 11.3 Å². The van der Waals surface area contributed by atoms with Gasteiger partial charge in [-0.25, -0.2) is 0 Å². The summed E-state index contributed by atoms with van der Waals surface area (Å²) < 4.78 is 6.21. The molecule has 47 heavy (non-hydrogen) atoms. The fraction of sp³-hybridized carbons (Fsp3) is 0.919. The molecule has 4 aliphatic carbocycles. The highest BCUT2D eigenvalue weighted by Crippen LogP contribution is 2.70. The van der Waals surface area contributed by atoms with Gasteiger partial charge in [-0.05, 0) is 99.9 Å². The maximum atomic E-state index is 14.4. The first kappa shape index (κ1) is 37.2. The second kappa shape index (κ2) is 13.9. The highest BCUT2D eigenvalue weighted by atomic mass is 16.5. The number of fused-ring (bicyclic) bond motifs is 5. The zero-order valence-corrected chi connectivity index (χ0v) is 29.3. The fourth-order valence-electron chi connectivity index (χ4n) is 11.2. The van der Waals surface area contributed by atoms with E-state index in [9.17, 15) is 40.5 Å². The standard InChI is InChI=1S/C37H63NO9/c1-6-7-8-9-10-23-20-47-32(22(23)3)33(44)35(5,45)28-12-14-37(46)29-24(11-13-36(28,37)15-16-39)34(4)18-27(42)26(41)17-25(34)31(43)30(29)38-19-21(2)40/h21-28,32-33,38-42,44-46H,6-20H2,1-5H3/t21-,22-,23+,24-,25-,26+,27-,28+,32+,33+,34+,35+,36-,37+/m0/s1. The normalized spacial score (nSPS) is 44.4. The number of Topliss-reactive ketones (excluding diaryl/α,β-unsaturated/α-hetero) is 1. The molecule has 1 aliphatic heterocycles. The molecular formula is C37H63NO9. The summed E-state index contributed by atoms with van der Waals surface area (Å²) in [5.74, 6) is -1.38. The van der Waals surface area contributed by atoms with Crippen LogP contribution in [0.1, 0.15) is 112 Å². The molecule has 0 bridgehead atoms. The van der Waals surface area contributed by atoms with Crippen LogP contribution < -0.4 is 5.32 Å². The highest BCUT2D eigenvalue weighted by Gasteiger charge is 2.72. The molecule has 4 fully saturated rings. The van der Waals surface area contributed by atoms with Crippen molar-refractivity contribution in [1.82, 2.24) is 5.32 Å². The summed E-state index contributed by atoms with van der Waals surface area (Å²) in [4.78, 5) is 14.4. The number of aliphatic hydroxyl groups is 7. The lowest BCUT2D eigenvalue weighted by atomic mass is 9.44. The summed E-state index contributed by atoms with van der Waals surface area (Å²) in [6.45, 7) is 9.91. The maximum absolute atomic E-state index is 14.4. The molecular weight excluding hydrogens is 602 g/mol. The Labute approximate surface area is 281 Å². The van der Waals surface area contributed by atoms with E-state index in [1.807, 2.05) is 6.92 Å². The smallest absolute Gasteiger partial charge is 0.182 e. The molecule has 10 heteroatoms. The molecule has 0 unspecified atom stereocenters. The number of carbonyl (C=O) groups excluding carboxylic acids is 1. The first-order valence-corrected chi connectivity index (χ1v) is 18.5. The van der Waals surface area contributed by atoms with Crippen molar-refractivity contribution in [2.45, 2.75) is 153 Å². The van der Waals surface area contributed by atoms with Gasteiger partial charge in [0.05, 0.1) is 47.9 Å². The molecule has 3 saturated carbocycles. The van der Waals surface area contributed by atoms with E-state index < -0.39 is 64.4 Å². The summed E-state index contributed by atoms with van der Waals surface area (Å²) in [6, 6.07) is 0. The predicted octanol–water partition coefficient (Wildman–Crippen LogP) is 2.59. The van der Waals surface area contributed by atoms with E-state index >= 15 is 0 Å². The summed E-state index contributed by atoms with van der Waals surface area (Å²) >= 11 is 0. The van der Waals surface area contributed by atoms with Gasteiger partial charge in [0.25, 0.3) is 0 Å². The predicted molar refractivity (Wildman–Crippen MR) is 177 cm³/mol. The van der Waals surface area contributed by atoms with E-state index in [1.165, 1.54) is 19.3 Å². The number of carbonyl (C=O) groups is 1. The second-order valence-corrected chi connectivity index (χ2v) is 16.6. The number of ether oxygens (including phenoxy) is 1. The molecule has 5 rings (SSSR count). The minimum atomic E-state index is -1.66. The lowest BCUT2D eigenvalue weighted by Crippen LogP contribution is -2.66. The quantitative estimate of drug-likeness (QED) is 0.136. The maximum Gasteiger partial charge on any atom is 0.182 e. The molecule has 1 heterocycles. The van der Waals surface area contributed by atoms with Crippen LogP contribution in [-0.4, -0.2) is 103 Å². The van der Waals surface area contributed by atoms with Crippen molar-refractivity contribution in [3.8, 4) is 0 Å². The van der Waals surface area contributed by atoms with Crippen molar-refractivity contribution in [1.29, 1.82) is 0 Å². The molecule has 5 aliphatic rings. The lowest BCUT2D eigenvalue weighted by molar-refractivity contribution is -0.203.